The Labute approximate surface area is 181 Å². The van der Waals surface area contributed by atoms with E-state index in [9.17, 15) is 18.0 Å². The van der Waals surface area contributed by atoms with Gasteiger partial charge in [-0.3, -0.25) is 5.43 Å². The number of fused-ring (bicyclic) bond motifs is 1. The minimum absolute atomic E-state index is 0.0229. The molecule has 3 rings (SSSR count). The summed E-state index contributed by atoms with van der Waals surface area (Å²) < 4.78 is 38.2. The van der Waals surface area contributed by atoms with E-state index < -0.39 is 22.0 Å². The summed E-state index contributed by atoms with van der Waals surface area (Å²) in [6.07, 6.45) is 0. The van der Waals surface area contributed by atoms with Crippen LogP contribution in [0.5, 0.6) is 5.75 Å². The van der Waals surface area contributed by atoms with Gasteiger partial charge in [0.1, 0.15) is 10.6 Å². The number of benzene rings is 2. The molecular formula is C17H15ClN4O6S2. The molecule has 2 aromatic rings. The van der Waals surface area contributed by atoms with Crippen LogP contribution >= 0.6 is 23.4 Å². The molecule has 0 spiro atoms. The number of carbonyl (C=O) groups excluding carboxylic acids is 2. The number of amidine groups is 1. The second-order valence-electron chi connectivity index (χ2n) is 5.68. The van der Waals surface area contributed by atoms with Gasteiger partial charge >= 0.3 is 12.0 Å². The van der Waals surface area contributed by atoms with Crippen molar-refractivity contribution in [3.63, 3.8) is 0 Å². The van der Waals surface area contributed by atoms with Gasteiger partial charge in [0.15, 0.2) is 5.17 Å². The monoisotopic (exact) mass is 470 g/mol. The van der Waals surface area contributed by atoms with Crippen LogP contribution in [-0.2, 0) is 14.8 Å². The van der Waals surface area contributed by atoms with Crippen molar-refractivity contribution in [1.82, 2.24) is 10.9 Å². The summed E-state index contributed by atoms with van der Waals surface area (Å²) in [6, 6.07) is 8.38. The Morgan fingerprint density at radius 3 is 2.47 bits per heavy atom. The van der Waals surface area contributed by atoms with E-state index in [4.69, 9.17) is 16.3 Å². The van der Waals surface area contributed by atoms with Crippen LogP contribution in [0.1, 0.15) is 10.4 Å². The molecule has 30 heavy (non-hydrogen) atoms. The number of anilines is 1. The number of nitrogens with zero attached hydrogens (tertiary/aromatic N) is 1. The molecule has 1 aliphatic rings. The maximum atomic E-state index is 12.5. The standard InChI is InChI=1S/C17H15ClN4O6S2/c1-27-10-5-3-9(4-6-10)19-16(24)20-21-17-22-30(25,26)14-7-11(15(23)28-2)12(18)8-13(14)29-17/h3-8H,1-2H3,(H,21,22)(H2,19,20,24). The molecule has 0 atom stereocenters. The van der Waals surface area contributed by atoms with Crippen molar-refractivity contribution in [3.8, 4) is 5.75 Å². The smallest absolute Gasteiger partial charge is 0.339 e. The summed E-state index contributed by atoms with van der Waals surface area (Å²) >= 11 is 6.98. The van der Waals surface area contributed by atoms with Crippen molar-refractivity contribution in [1.29, 1.82) is 0 Å². The van der Waals surface area contributed by atoms with Crippen molar-refractivity contribution in [2.75, 3.05) is 19.5 Å². The zero-order valence-electron chi connectivity index (χ0n) is 15.6. The van der Waals surface area contributed by atoms with Crippen LogP contribution in [0.2, 0.25) is 5.02 Å². The molecule has 10 nitrogen and oxygen atoms in total. The first-order chi connectivity index (χ1) is 14.2. The number of sulfonamides is 1. The Morgan fingerprint density at radius 2 is 1.83 bits per heavy atom. The summed E-state index contributed by atoms with van der Waals surface area (Å²) in [7, 11) is -1.45. The predicted octanol–water partition coefficient (Wildman–Crippen LogP) is 2.61. The predicted molar refractivity (Wildman–Crippen MR) is 112 cm³/mol. The molecule has 1 aliphatic heterocycles. The molecule has 0 aliphatic carbocycles. The van der Waals surface area contributed by atoms with Gasteiger partial charge < -0.3 is 14.8 Å². The number of hydrazine groups is 1. The average molecular weight is 471 g/mol. The van der Waals surface area contributed by atoms with Crippen LogP contribution in [0.3, 0.4) is 0 Å². The van der Waals surface area contributed by atoms with Crippen molar-refractivity contribution < 1.29 is 27.5 Å². The maximum absolute atomic E-state index is 12.5. The minimum atomic E-state index is -4.13. The van der Waals surface area contributed by atoms with Crippen molar-refractivity contribution in [2.45, 2.75) is 9.79 Å². The number of hydrogen-bond donors (Lipinski definition) is 3. The van der Waals surface area contributed by atoms with Crippen LogP contribution in [-0.4, -0.2) is 39.8 Å². The largest absolute Gasteiger partial charge is 0.497 e. The number of carbonyl (C=O) groups is 2. The molecule has 13 heteroatoms. The molecule has 2 aromatic carbocycles. The van der Waals surface area contributed by atoms with E-state index in [1.807, 2.05) is 0 Å². The Bertz CT molecular complexity index is 1140. The fourth-order valence-corrected chi connectivity index (χ4v) is 5.14. The zero-order valence-corrected chi connectivity index (χ0v) is 17.9. The highest BCUT2D eigenvalue weighted by Crippen LogP contribution is 2.37. The van der Waals surface area contributed by atoms with E-state index in [-0.39, 0.29) is 25.5 Å². The van der Waals surface area contributed by atoms with E-state index in [0.29, 0.717) is 11.4 Å². The van der Waals surface area contributed by atoms with E-state index >= 15 is 0 Å². The summed E-state index contributed by atoms with van der Waals surface area (Å²) in [5.41, 5.74) is 5.14. The molecular weight excluding hydrogens is 456 g/mol. The first-order valence-corrected chi connectivity index (χ1v) is 10.8. The third-order valence-corrected chi connectivity index (χ3v) is 6.58. The van der Waals surface area contributed by atoms with Crippen molar-refractivity contribution in [3.05, 3.63) is 47.0 Å². The van der Waals surface area contributed by atoms with Crippen molar-refractivity contribution >= 4 is 56.2 Å². The molecule has 3 N–H and O–H groups in total. The number of halogens is 1. The summed E-state index contributed by atoms with van der Waals surface area (Å²) in [6.45, 7) is 0. The number of amides is 2. The fourth-order valence-electron chi connectivity index (χ4n) is 2.36. The van der Waals surface area contributed by atoms with Crippen LogP contribution in [0.25, 0.3) is 0 Å². The van der Waals surface area contributed by atoms with E-state index in [0.717, 1.165) is 24.9 Å². The van der Waals surface area contributed by atoms with Crippen molar-refractivity contribution in [2.24, 2.45) is 4.40 Å². The Balaban J connectivity index is 1.71. The van der Waals surface area contributed by atoms with E-state index in [2.05, 4.69) is 25.3 Å². The van der Waals surface area contributed by atoms with Gasteiger partial charge in [-0.2, -0.15) is 8.42 Å². The average Bonchev–Trinajstić information content (AvgIpc) is 2.71. The van der Waals surface area contributed by atoms with Crippen LogP contribution < -0.4 is 20.9 Å². The quantitative estimate of drug-likeness (QED) is 0.460. The highest BCUT2D eigenvalue weighted by atomic mass is 35.5. The van der Waals surface area contributed by atoms with Gasteiger partial charge in [-0.25, -0.2) is 15.0 Å². The van der Waals surface area contributed by atoms with Gasteiger partial charge in [0, 0.05) is 10.6 Å². The number of thioether (sulfide) groups is 1. The van der Waals surface area contributed by atoms with Gasteiger partial charge in [0.25, 0.3) is 10.0 Å². The lowest BCUT2D eigenvalue weighted by atomic mass is 10.2. The Morgan fingerprint density at radius 1 is 1.13 bits per heavy atom. The second-order valence-corrected chi connectivity index (χ2v) is 8.69. The lowest BCUT2D eigenvalue weighted by Gasteiger charge is -2.18. The molecule has 1 heterocycles. The van der Waals surface area contributed by atoms with Gasteiger partial charge in [-0.15, -0.1) is 4.40 Å². The Kier molecular flexibility index (Phi) is 6.39. The zero-order chi connectivity index (χ0) is 21.9. The van der Waals surface area contributed by atoms with Gasteiger partial charge in [-0.1, -0.05) is 11.6 Å². The third kappa shape index (κ3) is 4.78. The SMILES string of the molecule is COC(=O)c1cc2c(cc1Cl)SC(NNC(=O)Nc1ccc(OC)cc1)=NS2(=O)=O. The first kappa shape index (κ1) is 21.7. The highest BCUT2D eigenvalue weighted by molar-refractivity contribution is 8.15. The Hall–Kier alpha value is -2.96. The number of rotatable bonds is 3. The molecule has 0 saturated heterocycles. The number of urea groups is 1. The number of methoxy groups -OCH3 is 2. The molecule has 2 amide bonds. The maximum Gasteiger partial charge on any atom is 0.339 e. The van der Waals surface area contributed by atoms with Crippen LogP contribution in [0.15, 0.2) is 50.6 Å². The number of ether oxygens (including phenoxy) is 2. The topological polar surface area (TPSA) is 135 Å². The summed E-state index contributed by atoms with van der Waals surface area (Å²) in [5.74, 6) is -0.141. The minimum Gasteiger partial charge on any atom is -0.497 e. The molecule has 158 valence electrons. The van der Waals surface area contributed by atoms with E-state index in [1.165, 1.54) is 13.2 Å². The molecule has 0 unspecified atom stereocenters. The highest BCUT2D eigenvalue weighted by Gasteiger charge is 2.29. The molecule has 0 aromatic heterocycles. The molecule has 0 saturated carbocycles. The fraction of sp³-hybridized carbons (Fsp3) is 0.118. The number of esters is 1. The lowest BCUT2D eigenvalue weighted by molar-refractivity contribution is 0.0600. The van der Waals surface area contributed by atoms with Gasteiger partial charge in [-0.05, 0) is 48.2 Å². The summed E-state index contributed by atoms with van der Waals surface area (Å²) in [5, 5.41) is 2.47. The van der Waals surface area contributed by atoms with Crippen LogP contribution in [0, 0.1) is 0 Å². The van der Waals surface area contributed by atoms with Gasteiger partial charge in [0.05, 0.1) is 24.8 Å². The second kappa shape index (κ2) is 8.81. The molecule has 0 radical (unpaired) electrons. The lowest BCUT2D eigenvalue weighted by Crippen LogP contribution is -2.43. The third-order valence-electron chi connectivity index (χ3n) is 3.76. The van der Waals surface area contributed by atoms with Crippen LogP contribution in [0.4, 0.5) is 10.5 Å². The number of nitrogens with one attached hydrogen (secondary N) is 3. The number of hydrogen-bond acceptors (Lipinski definition) is 8. The normalized spacial score (nSPS) is 14.0. The molecule has 0 bridgehead atoms. The van der Waals surface area contributed by atoms with E-state index in [1.54, 1.807) is 24.3 Å². The molecule has 0 fully saturated rings. The first-order valence-electron chi connectivity index (χ1n) is 8.15. The summed E-state index contributed by atoms with van der Waals surface area (Å²) in [4.78, 5) is 23.8. The van der Waals surface area contributed by atoms with Gasteiger partial charge in [0.2, 0.25) is 0 Å².